The van der Waals surface area contributed by atoms with Crippen molar-refractivity contribution in [1.82, 2.24) is 9.99 Å². The Labute approximate surface area is 124 Å². The Morgan fingerprint density at radius 3 is 2.70 bits per heavy atom. The zero-order chi connectivity index (χ0) is 14.1. The first-order valence-corrected chi connectivity index (χ1v) is 7.73. The summed E-state index contributed by atoms with van der Waals surface area (Å²) in [6, 6.07) is 11.8. The number of carbonyl (C=O) groups excluding carboxylic acids is 1. The standard InChI is InChI=1S/C14H13N3OS2/c1-9-7-8-12(19-9)13(18)15-16-14-17(2)10-5-3-4-6-11(10)20-14/h3-8H,1-2H3,(H,15,18)/b16-14-. The second kappa shape index (κ2) is 5.22. The molecule has 4 nitrogen and oxygen atoms in total. The van der Waals surface area contributed by atoms with Crippen LogP contribution in [0.4, 0.5) is 0 Å². The smallest absolute Gasteiger partial charge is 0.281 e. The van der Waals surface area contributed by atoms with Crippen molar-refractivity contribution in [2.75, 3.05) is 0 Å². The predicted molar refractivity (Wildman–Crippen MR) is 82.9 cm³/mol. The molecule has 1 N–H and O–H groups in total. The third-order valence-corrected chi connectivity index (χ3v) is 5.04. The number of rotatable bonds is 2. The molecule has 3 aromatic rings. The molecule has 1 amide bonds. The normalized spacial score (nSPS) is 12.0. The highest BCUT2D eigenvalue weighted by atomic mass is 32.1. The molecule has 0 saturated heterocycles. The Hall–Kier alpha value is -1.92. The van der Waals surface area contributed by atoms with E-state index < -0.39 is 0 Å². The minimum atomic E-state index is -0.166. The molecule has 0 bridgehead atoms. The van der Waals surface area contributed by atoms with Crippen LogP contribution in [0.3, 0.4) is 0 Å². The van der Waals surface area contributed by atoms with Crippen LogP contribution >= 0.6 is 22.7 Å². The first-order chi connectivity index (χ1) is 9.65. The fraction of sp³-hybridized carbons (Fsp3) is 0.143. The highest BCUT2D eigenvalue weighted by molar-refractivity contribution is 7.16. The van der Waals surface area contributed by atoms with Crippen LogP contribution in [0.5, 0.6) is 0 Å². The van der Waals surface area contributed by atoms with Gasteiger partial charge in [-0.15, -0.1) is 16.4 Å². The van der Waals surface area contributed by atoms with Gasteiger partial charge in [0.1, 0.15) is 0 Å². The van der Waals surface area contributed by atoms with Crippen LogP contribution in [-0.4, -0.2) is 10.5 Å². The van der Waals surface area contributed by atoms with E-state index in [0.717, 1.165) is 19.9 Å². The average Bonchev–Trinajstić information content (AvgIpc) is 3.01. The highest BCUT2D eigenvalue weighted by Gasteiger charge is 2.07. The zero-order valence-electron chi connectivity index (χ0n) is 11.1. The van der Waals surface area contributed by atoms with Crippen molar-refractivity contribution in [3.63, 3.8) is 0 Å². The third kappa shape index (κ3) is 2.39. The van der Waals surface area contributed by atoms with Gasteiger partial charge < -0.3 is 4.57 Å². The van der Waals surface area contributed by atoms with Gasteiger partial charge in [0.25, 0.3) is 5.91 Å². The van der Waals surface area contributed by atoms with E-state index in [1.165, 1.54) is 11.3 Å². The molecule has 0 aliphatic rings. The fourth-order valence-corrected chi connectivity index (χ4v) is 3.64. The van der Waals surface area contributed by atoms with Crippen LogP contribution < -0.4 is 10.2 Å². The number of thiazole rings is 1. The quantitative estimate of drug-likeness (QED) is 0.727. The van der Waals surface area contributed by atoms with Crippen molar-refractivity contribution in [3.05, 3.63) is 51.0 Å². The maximum absolute atomic E-state index is 12.0. The van der Waals surface area contributed by atoms with E-state index in [4.69, 9.17) is 0 Å². The topological polar surface area (TPSA) is 46.4 Å². The number of fused-ring (bicyclic) bond motifs is 1. The molecular formula is C14H13N3OS2. The van der Waals surface area contributed by atoms with Crippen LogP contribution in [0, 0.1) is 6.92 Å². The van der Waals surface area contributed by atoms with Gasteiger partial charge in [-0.3, -0.25) is 4.79 Å². The molecule has 0 spiro atoms. The number of hydrogen-bond acceptors (Lipinski definition) is 4. The van der Waals surface area contributed by atoms with Crippen LogP contribution in [0.15, 0.2) is 41.5 Å². The van der Waals surface area contributed by atoms with Crippen LogP contribution in [0.25, 0.3) is 10.2 Å². The molecule has 20 heavy (non-hydrogen) atoms. The molecular weight excluding hydrogens is 290 g/mol. The Kier molecular flexibility index (Phi) is 3.42. The van der Waals surface area contributed by atoms with Gasteiger partial charge in [-0.2, -0.15) is 0 Å². The molecule has 3 rings (SSSR count). The molecule has 0 aliphatic carbocycles. The molecule has 102 valence electrons. The van der Waals surface area contributed by atoms with E-state index in [9.17, 15) is 4.79 Å². The summed E-state index contributed by atoms with van der Waals surface area (Å²) >= 11 is 3.02. The zero-order valence-corrected chi connectivity index (χ0v) is 12.7. The SMILES string of the molecule is Cc1ccc(C(=O)N/N=c2\sc3ccccc3n2C)s1. The number of carbonyl (C=O) groups is 1. The largest absolute Gasteiger partial charge is 0.318 e. The summed E-state index contributed by atoms with van der Waals surface area (Å²) < 4.78 is 3.12. The fourth-order valence-electron chi connectivity index (χ4n) is 1.90. The molecule has 1 aromatic carbocycles. The van der Waals surface area contributed by atoms with Crippen LogP contribution in [-0.2, 0) is 7.05 Å². The van der Waals surface area contributed by atoms with Gasteiger partial charge >= 0.3 is 0 Å². The van der Waals surface area contributed by atoms with E-state index in [2.05, 4.69) is 10.5 Å². The number of thiophene rings is 1. The van der Waals surface area contributed by atoms with Crippen molar-refractivity contribution in [2.24, 2.45) is 12.1 Å². The molecule has 0 radical (unpaired) electrons. The van der Waals surface area contributed by atoms with Crippen molar-refractivity contribution in [1.29, 1.82) is 0 Å². The van der Waals surface area contributed by atoms with E-state index >= 15 is 0 Å². The maximum atomic E-state index is 12.0. The molecule has 0 fully saturated rings. The van der Waals surface area contributed by atoms with Crippen molar-refractivity contribution in [3.8, 4) is 0 Å². The van der Waals surface area contributed by atoms with E-state index in [1.807, 2.05) is 54.9 Å². The molecule has 0 saturated carbocycles. The van der Waals surface area contributed by atoms with E-state index in [1.54, 1.807) is 11.3 Å². The van der Waals surface area contributed by atoms with Crippen molar-refractivity contribution < 1.29 is 4.79 Å². The van der Waals surface area contributed by atoms with Crippen molar-refractivity contribution >= 4 is 38.8 Å². The van der Waals surface area contributed by atoms with Gasteiger partial charge in [0.2, 0.25) is 4.80 Å². The Bertz CT molecular complexity index is 841. The lowest BCUT2D eigenvalue weighted by Gasteiger charge is -1.96. The molecule has 2 aromatic heterocycles. The molecule has 0 atom stereocenters. The summed E-state index contributed by atoms with van der Waals surface area (Å²) in [4.78, 5) is 14.5. The number of hydrogen-bond donors (Lipinski definition) is 1. The predicted octanol–water partition coefficient (Wildman–Crippen LogP) is 2.86. The second-order valence-corrected chi connectivity index (χ2v) is 6.67. The summed E-state index contributed by atoms with van der Waals surface area (Å²) in [5.41, 5.74) is 3.73. The molecule has 0 unspecified atom stereocenters. The first-order valence-electron chi connectivity index (χ1n) is 6.10. The van der Waals surface area contributed by atoms with Gasteiger partial charge in [0.05, 0.1) is 15.1 Å². The lowest BCUT2D eigenvalue weighted by atomic mass is 10.3. The van der Waals surface area contributed by atoms with Gasteiger partial charge in [0, 0.05) is 11.9 Å². The van der Waals surface area contributed by atoms with E-state index in [0.29, 0.717) is 4.88 Å². The summed E-state index contributed by atoms with van der Waals surface area (Å²) in [7, 11) is 1.94. The van der Waals surface area contributed by atoms with Gasteiger partial charge in [-0.25, -0.2) is 5.43 Å². The lowest BCUT2D eigenvalue weighted by molar-refractivity contribution is 0.0957. The molecule has 2 heterocycles. The lowest BCUT2D eigenvalue weighted by Crippen LogP contribution is -2.22. The Morgan fingerprint density at radius 2 is 2.00 bits per heavy atom. The number of aromatic nitrogens is 1. The minimum absolute atomic E-state index is 0.166. The number of para-hydroxylation sites is 1. The molecule has 0 aliphatic heterocycles. The Morgan fingerprint density at radius 1 is 1.20 bits per heavy atom. The number of aryl methyl sites for hydroxylation is 2. The Balaban J connectivity index is 1.91. The maximum Gasteiger partial charge on any atom is 0.281 e. The summed E-state index contributed by atoms with van der Waals surface area (Å²) in [5.74, 6) is -0.166. The molecule has 6 heteroatoms. The summed E-state index contributed by atoms with van der Waals surface area (Å²) in [6.07, 6.45) is 0. The summed E-state index contributed by atoms with van der Waals surface area (Å²) in [6.45, 7) is 1.98. The monoisotopic (exact) mass is 303 g/mol. The number of nitrogens with zero attached hydrogens (tertiary/aromatic N) is 2. The van der Waals surface area contributed by atoms with Gasteiger partial charge in [0.15, 0.2) is 0 Å². The first kappa shape index (κ1) is 13.1. The second-order valence-electron chi connectivity index (χ2n) is 4.37. The average molecular weight is 303 g/mol. The number of benzene rings is 1. The third-order valence-electron chi connectivity index (χ3n) is 2.93. The van der Waals surface area contributed by atoms with Crippen molar-refractivity contribution in [2.45, 2.75) is 6.92 Å². The minimum Gasteiger partial charge on any atom is -0.318 e. The number of amides is 1. The van der Waals surface area contributed by atoms with Gasteiger partial charge in [-0.1, -0.05) is 23.5 Å². The van der Waals surface area contributed by atoms with E-state index in [-0.39, 0.29) is 5.91 Å². The van der Waals surface area contributed by atoms with Crippen LogP contribution in [0.1, 0.15) is 14.5 Å². The summed E-state index contributed by atoms with van der Waals surface area (Å²) in [5, 5.41) is 4.22. The highest BCUT2D eigenvalue weighted by Crippen LogP contribution is 2.16. The number of nitrogens with one attached hydrogen (secondary N) is 1. The van der Waals surface area contributed by atoms with Crippen LogP contribution in [0.2, 0.25) is 0 Å². The van der Waals surface area contributed by atoms with Gasteiger partial charge in [-0.05, 0) is 31.2 Å².